The van der Waals surface area contributed by atoms with Crippen molar-refractivity contribution in [1.82, 2.24) is 10.6 Å². The number of amidine groups is 1. The Balaban J connectivity index is 1.27. The zero-order chi connectivity index (χ0) is 32.5. The second-order valence-electron chi connectivity index (χ2n) is 10.2. The van der Waals surface area contributed by atoms with Gasteiger partial charge in [-0.2, -0.15) is 10.1 Å². The molecule has 0 saturated heterocycles. The van der Waals surface area contributed by atoms with Crippen molar-refractivity contribution >= 4 is 58.7 Å². The van der Waals surface area contributed by atoms with Crippen molar-refractivity contribution in [2.45, 2.75) is 29.9 Å². The van der Waals surface area contributed by atoms with Crippen LogP contribution < -0.4 is 21.0 Å². The number of benzene rings is 4. The van der Waals surface area contributed by atoms with Gasteiger partial charge >= 0.3 is 0 Å². The van der Waals surface area contributed by atoms with Crippen molar-refractivity contribution in [1.29, 1.82) is 0 Å². The van der Waals surface area contributed by atoms with Crippen molar-refractivity contribution in [2.75, 3.05) is 10.3 Å². The summed E-state index contributed by atoms with van der Waals surface area (Å²) in [6, 6.07) is 29.9. The van der Waals surface area contributed by atoms with Crippen LogP contribution in [0.15, 0.2) is 125 Å². The lowest BCUT2D eigenvalue weighted by atomic mass is 10.1. The number of hydrogen-bond acceptors (Lipinski definition) is 6. The Labute approximate surface area is 269 Å². The van der Waals surface area contributed by atoms with Gasteiger partial charge in [0.25, 0.3) is 17.7 Å². The maximum atomic E-state index is 13.5. The highest BCUT2D eigenvalue weighted by atomic mass is 32.2. The van der Waals surface area contributed by atoms with Gasteiger partial charge in [0.1, 0.15) is 17.3 Å². The number of rotatable bonds is 10. The van der Waals surface area contributed by atoms with Gasteiger partial charge in [0, 0.05) is 16.1 Å². The first kappa shape index (κ1) is 31.9. The summed E-state index contributed by atoms with van der Waals surface area (Å²) in [5.41, 5.74) is 1.89. The molecule has 1 unspecified atom stereocenters. The maximum Gasteiger partial charge on any atom is 0.272 e. The first-order valence-electron chi connectivity index (χ1n) is 14.5. The van der Waals surface area contributed by atoms with Gasteiger partial charge in [0.05, 0.1) is 17.4 Å². The number of nitrogens with zero attached hydrogens (tertiary/aromatic N) is 2. The minimum Gasteiger partial charge on any atom is -0.321 e. The molecular formula is C35H30FN5O4S. The van der Waals surface area contributed by atoms with Gasteiger partial charge in [-0.25, -0.2) is 4.39 Å². The number of hydrogen-bond donors (Lipinski definition) is 3. The van der Waals surface area contributed by atoms with E-state index in [1.54, 1.807) is 72.8 Å². The van der Waals surface area contributed by atoms with Crippen molar-refractivity contribution < 1.29 is 23.6 Å². The SMILES string of the molecule is CCC(Sc1cccc(NC(=O)/C(=C/c2ccc(F)cc2)NC(=O)c2ccccc2)c1)C(=O)NC1=NN(c2ccccc2)C(=O)C1. The fourth-order valence-electron chi connectivity index (χ4n) is 4.49. The van der Waals surface area contributed by atoms with E-state index in [9.17, 15) is 23.6 Å². The van der Waals surface area contributed by atoms with E-state index in [-0.39, 0.29) is 29.8 Å². The number of halogens is 1. The summed E-state index contributed by atoms with van der Waals surface area (Å²) in [6.07, 6.45) is 1.94. The molecule has 232 valence electrons. The normalized spacial score (nSPS) is 13.5. The highest BCUT2D eigenvalue weighted by molar-refractivity contribution is 8.00. The molecule has 0 aliphatic carbocycles. The number of carbonyl (C=O) groups excluding carboxylic acids is 4. The number of carbonyl (C=O) groups is 4. The van der Waals surface area contributed by atoms with Gasteiger partial charge in [-0.15, -0.1) is 11.8 Å². The van der Waals surface area contributed by atoms with Crippen LogP contribution in [-0.4, -0.2) is 34.7 Å². The number of para-hydroxylation sites is 1. The molecular weight excluding hydrogens is 605 g/mol. The molecule has 1 aliphatic rings. The lowest BCUT2D eigenvalue weighted by Crippen LogP contribution is -2.36. The number of thioether (sulfide) groups is 1. The minimum absolute atomic E-state index is 0.0160. The van der Waals surface area contributed by atoms with Gasteiger partial charge in [-0.05, 0) is 72.7 Å². The summed E-state index contributed by atoms with van der Waals surface area (Å²) in [4.78, 5) is 52.7. The van der Waals surface area contributed by atoms with Crippen LogP contribution in [0.3, 0.4) is 0 Å². The van der Waals surface area contributed by atoms with Crippen molar-refractivity contribution in [2.24, 2.45) is 5.10 Å². The Morgan fingerprint density at radius 3 is 2.30 bits per heavy atom. The van der Waals surface area contributed by atoms with Gasteiger partial charge in [-0.1, -0.05) is 61.5 Å². The molecule has 4 aromatic rings. The second-order valence-corrected chi connectivity index (χ2v) is 11.5. The summed E-state index contributed by atoms with van der Waals surface area (Å²) in [6.45, 7) is 1.88. The molecule has 1 heterocycles. The summed E-state index contributed by atoms with van der Waals surface area (Å²) >= 11 is 1.30. The summed E-state index contributed by atoms with van der Waals surface area (Å²) in [5.74, 6) is -1.76. The van der Waals surface area contributed by atoms with E-state index in [1.165, 1.54) is 47.1 Å². The number of anilines is 2. The Morgan fingerprint density at radius 1 is 0.913 bits per heavy atom. The molecule has 0 radical (unpaired) electrons. The average Bonchev–Trinajstić information content (AvgIpc) is 3.44. The van der Waals surface area contributed by atoms with Crippen LogP contribution in [0, 0.1) is 5.82 Å². The van der Waals surface area contributed by atoms with Gasteiger partial charge < -0.3 is 16.0 Å². The fraction of sp³-hybridized carbons (Fsp3) is 0.114. The van der Waals surface area contributed by atoms with E-state index in [1.807, 2.05) is 19.1 Å². The number of amides is 4. The highest BCUT2D eigenvalue weighted by Gasteiger charge is 2.28. The first-order chi connectivity index (χ1) is 22.3. The standard InChI is InChI=1S/C35H30FN5O4S/c1-2-30(35(45)39-31-22-32(42)41(40-31)27-13-7-4-8-14-27)46-28-15-9-12-26(21-28)37-34(44)29(20-23-16-18-25(36)19-17-23)38-33(43)24-10-5-3-6-11-24/h3-21,30H,2,22H2,1H3,(H,37,44)(H,38,43)(H,39,40,45)/b29-20-. The quantitative estimate of drug-likeness (QED) is 0.147. The monoisotopic (exact) mass is 635 g/mol. The highest BCUT2D eigenvalue weighted by Crippen LogP contribution is 2.28. The number of hydrazone groups is 1. The van der Waals surface area contributed by atoms with E-state index < -0.39 is 22.9 Å². The topological polar surface area (TPSA) is 120 Å². The zero-order valence-electron chi connectivity index (χ0n) is 24.8. The summed E-state index contributed by atoms with van der Waals surface area (Å²) in [5, 5.41) is 13.3. The predicted molar refractivity (Wildman–Crippen MR) is 177 cm³/mol. The third-order valence-corrected chi connectivity index (χ3v) is 8.15. The van der Waals surface area contributed by atoms with E-state index in [0.29, 0.717) is 33.8 Å². The molecule has 4 aromatic carbocycles. The Morgan fingerprint density at radius 2 is 1.61 bits per heavy atom. The molecule has 5 rings (SSSR count). The van der Waals surface area contributed by atoms with Crippen LogP contribution >= 0.6 is 11.8 Å². The molecule has 0 aromatic heterocycles. The first-order valence-corrected chi connectivity index (χ1v) is 15.3. The molecule has 0 fully saturated rings. The van der Waals surface area contributed by atoms with E-state index in [0.717, 1.165) is 0 Å². The lowest BCUT2D eigenvalue weighted by Gasteiger charge is -2.15. The maximum absolute atomic E-state index is 13.5. The zero-order valence-corrected chi connectivity index (χ0v) is 25.6. The lowest BCUT2D eigenvalue weighted by molar-refractivity contribution is -0.119. The molecule has 9 nitrogen and oxygen atoms in total. The van der Waals surface area contributed by atoms with E-state index in [4.69, 9.17) is 0 Å². The summed E-state index contributed by atoms with van der Waals surface area (Å²) in [7, 11) is 0. The molecule has 4 amide bonds. The molecule has 46 heavy (non-hydrogen) atoms. The van der Waals surface area contributed by atoms with Crippen LogP contribution in [0.5, 0.6) is 0 Å². The van der Waals surface area contributed by atoms with Crippen LogP contribution in [0.25, 0.3) is 6.08 Å². The fourth-order valence-corrected chi connectivity index (χ4v) is 5.51. The Hall–Kier alpha value is -5.55. The van der Waals surface area contributed by atoms with Crippen LogP contribution in [0.2, 0.25) is 0 Å². The van der Waals surface area contributed by atoms with Gasteiger partial charge in [0.2, 0.25) is 5.91 Å². The van der Waals surface area contributed by atoms with Gasteiger partial charge in [0.15, 0.2) is 0 Å². The number of nitrogens with one attached hydrogen (secondary N) is 3. The molecule has 1 aliphatic heterocycles. The van der Waals surface area contributed by atoms with Crippen LogP contribution in [0.1, 0.15) is 35.7 Å². The largest absolute Gasteiger partial charge is 0.321 e. The predicted octanol–water partition coefficient (Wildman–Crippen LogP) is 5.97. The summed E-state index contributed by atoms with van der Waals surface area (Å²) < 4.78 is 13.5. The van der Waals surface area contributed by atoms with Crippen LogP contribution in [0.4, 0.5) is 15.8 Å². The van der Waals surface area contributed by atoms with E-state index >= 15 is 0 Å². The minimum atomic E-state index is -0.590. The smallest absolute Gasteiger partial charge is 0.272 e. The molecule has 11 heteroatoms. The molecule has 3 N–H and O–H groups in total. The molecule has 0 saturated carbocycles. The van der Waals surface area contributed by atoms with Crippen LogP contribution in [-0.2, 0) is 14.4 Å². The molecule has 0 bridgehead atoms. The Bertz CT molecular complexity index is 1800. The third-order valence-electron chi connectivity index (χ3n) is 6.79. The average molecular weight is 636 g/mol. The second kappa shape index (κ2) is 15.0. The van der Waals surface area contributed by atoms with Crippen molar-refractivity contribution in [3.05, 3.63) is 132 Å². The Kier molecular flexibility index (Phi) is 10.4. The molecule has 0 spiro atoms. The van der Waals surface area contributed by atoms with E-state index in [2.05, 4.69) is 21.1 Å². The van der Waals surface area contributed by atoms with Crippen molar-refractivity contribution in [3.63, 3.8) is 0 Å². The third kappa shape index (κ3) is 8.33. The molecule has 1 atom stereocenters. The van der Waals surface area contributed by atoms with Crippen molar-refractivity contribution in [3.8, 4) is 0 Å². The van der Waals surface area contributed by atoms with Gasteiger partial charge in [-0.3, -0.25) is 19.2 Å².